The summed E-state index contributed by atoms with van der Waals surface area (Å²) >= 11 is 0. The fourth-order valence-corrected chi connectivity index (χ4v) is 2.72. The molecule has 6 heteroatoms. The second-order valence-electron chi connectivity index (χ2n) is 6.47. The first kappa shape index (κ1) is 19.4. The van der Waals surface area contributed by atoms with Gasteiger partial charge in [0, 0.05) is 37.3 Å². The minimum absolute atomic E-state index is 0.0651. The molecule has 1 heterocycles. The Bertz CT molecular complexity index is 933. The summed E-state index contributed by atoms with van der Waals surface area (Å²) in [5.41, 5.74) is 2.55. The van der Waals surface area contributed by atoms with Crippen molar-refractivity contribution in [2.45, 2.75) is 19.9 Å². The molecule has 1 aromatic heterocycles. The van der Waals surface area contributed by atoms with Gasteiger partial charge in [-0.3, -0.25) is 9.59 Å². The van der Waals surface area contributed by atoms with Gasteiger partial charge in [0.2, 0.25) is 0 Å². The molecule has 0 saturated carbocycles. The molecule has 0 bridgehead atoms. The molecule has 0 fully saturated rings. The van der Waals surface area contributed by atoms with Gasteiger partial charge in [-0.2, -0.15) is 5.10 Å². The second kappa shape index (κ2) is 8.99. The van der Waals surface area contributed by atoms with Gasteiger partial charge in [-0.15, -0.1) is 0 Å². The SMILES string of the molecule is CCC(=O)c1ccc(OCC(=O)N(C)Cc2cnn(-c3ccccc3)c2)cc1. The predicted molar refractivity (Wildman–Crippen MR) is 107 cm³/mol. The van der Waals surface area contributed by atoms with Gasteiger partial charge in [-0.1, -0.05) is 25.1 Å². The Morgan fingerprint density at radius 1 is 1.07 bits per heavy atom. The quantitative estimate of drug-likeness (QED) is 0.564. The lowest BCUT2D eigenvalue weighted by Crippen LogP contribution is -2.30. The molecule has 6 nitrogen and oxygen atoms in total. The number of ketones is 1. The number of para-hydroxylation sites is 1. The molecular weight excluding hydrogens is 354 g/mol. The van der Waals surface area contributed by atoms with Gasteiger partial charge in [0.1, 0.15) is 5.75 Å². The number of ether oxygens (including phenoxy) is 1. The molecule has 3 aromatic rings. The van der Waals surface area contributed by atoms with Crippen LogP contribution in [0.15, 0.2) is 67.0 Å². The Labute approximate surface area is 164 Å². The highest BCUT2D eigenvalue weighted by Crippen LogP contribution is 2.14. The number of hydrogen-bond donors (Lipinski definition) is 0. The summed E-state index contributed by atoms with van der Waals surface area (Å²) in [6.07, 6.45) is 4.12. The van der Waals surface area contributed by atoms with Gasteiger partial charge < -0.3 is 9.64 Å². The fourth-order valence-electron chi connectivity index (χ4n) is 2.72. The van der Waals surface area contributed by atoms with E-state index in [1.165, 1.54) is 0 Å². The zero-order valence-corrected chi connectivity index (χ0v) is 16.0. The van der Waals surface area contributed by atoms with Gasteiger partial charge >= 0.3 is 0 Å². The fraction of sp³-hybridized carbons (Fsp3) is 0.227. The molecule has 0 atom stereocenters. The van der Waals surface area contributed by atoms with E-state index in [0.29, 0.717) is 24.3 Å². The van der Waals surface area contributed by atoms with Crippen LogP contribution in [0.2, 0.25) is 0 Å². The molecule has 0 spiro atoms. The summed E-state index contributed by atoms with van der Waals surface area (Å²) in [7, 11) is 1.73. The van der Waals surface area contributed by atoms with Crippen molar-refractivity contribution in [2.75, 3.05) is 13.7 Å². The molecule has 0 N–H and O–H groups in total. The maximum absolute atomic E-state index is 12.3. The molecule has 3 rings (SSSR count). The zero-order chi connectivity index (χ0) is 19.9. The first-order valence-electron chi connectivity index (χ1n) is 9.16. The summed E-state index contributed by atoms with van der Waals surface area (Å²) in [5, 5.41) is 4.34. The summed E-state index contributed by atoms with van der Waals surface area (Å²) in [5.74, 6) is 0.505. The van der Waals surface area contributed by atoms with E-state index in [1.807, 2.05) is 43.5 Å². The highest BCUT2D eigenvalue weighted by atomic mass is 16.5. The Morgan fingerprint density at radius 3 is 2.46 bits per heavy atom. The third-order valence-electron chi connectivity index (χ3n) is 4.36. The Kier molecular flexibility index (Phi) is 6.22. The number of amides is 1. The summed E-state index contributed by atoms with van der Waals surface area (Å²) in [6.45, 7) is 2.20. The first-order chi connectivity index (χ1) is 13.6. The Morgan fingerprint density at radius 2 is 1.79 bits per heavy atom. The van der Waals surface area contributed by atoms with E-state index in [2.05, 4.69) is 5.10 Å². The number of carbonyl (C=O) groups is 2. The number of carbonyl (C=O) groups excluding carboxylic acids is 2. The van der Waals surface area contributed by atoms with Crippen LogP contribution in [0.1, 0.15) is 29.3 Å². The van der Waals surface area contributed by atoms with Crippen molar-refractivity contribution in [1.82, 2.24) is 14.7 Å². The number of nitrogens with zero attached hydrogens (tertiary/aromatic N) is 3. The van der Waals surface area contributed by atoms with E-state index >= 15 is 0 Å². The number of aromatic nitrogens is 2. The molecule has 144 valence electrons. The second-order valence-corrected chi connectivity index (χ2v) is 6.47. The maximum atomic E-state index is 12.3. The van der Waals surface area contributed by atoms with E-state index < -0.39 is 0 Å². The minimum Gasteiger partial charge on any atom is -0.484 e. The molecule has 0 aliphatic heterocycles. The Balaban J connectivity index is 1.52. The third kappa shape index (κ3) is 4.85. The predicted octanol–water partition coefficient (Wildman–Crippen LogP) is 3.50. The molecule has 0 aliphatic carbocycles. The van der Waals surface area contributed by atoms with Crippen LogP contribution in [0.25, 0.3) is 5.69 Å². The standard InChI is InChI=1S/C22H23N3O3/c1-3-21(26)18-9-11-20(12-10-18)28-16-22(27)24(2)14-17-13-23-25(15-17)19-7-5-4-6-8-19/h4-13,15H,3,14,16H2,1-2H3. The maximum Gasteiger partial charge on any atom is 0.260 e. The smallest absolute Gasteiger partial charge is 0.260 e. The van der Waals surface area contributed by atoms with Crippen molar-refractivity contribution in [1.29, 1.82) is 0 Å². The van der Waals surface area contributed by atoms with Crippen LogP contribution in [-0.2, 0) is 11.3 Å². The van der Waals surface area contributed by atoms with Crippen molar-refractivity contribution in [2.24, 2.45) is 0 Å². The first-order valence-corrected chi connectivity index (χ1v) is 9.16. The van der Waals surface area contributed by atoms with Crippen LogP contribution in [0.4, 0.5) is 0 Å². The lowest BCUT2D eigenvalue weighted by molar-refractivity contribution is -0.132. The van der Waals surface area contributed by atoms with Crippen molar-refractivity contribution < 1.29 is 14.3 Å². The zero-order valence-electron chi connectivity index (χ0n) is 16.0. The molecule has 2 aromatic carbocycles. The van der Waals surface area contributed by atoms with E-state index in [1.54, 1.807) is 47.1 Å². The van der Waals surface area contributed by atoms with E-state index in [-0.39, 0.29) is 18.3 Å². The normalized spacial score (nSPS) is 10.5. The summed E-state index contributed by atoms with van der Waals surface area (Å²) < 4.78 is 7.33. The summed E-state index contributed by atoms with van der Waals surface area (Å²) in [6, 6.07) is 16.6. The molecular formula is C22H23N3O3. The topological polar surface area (TPSA) is 64.4 Å². The minimum atomic E-state index is -0.138. The van der Waals surface area contributed by atoms with Gasteiger partial charge in [-0.25, -0.2) is 4.68 Å². The number of hydrogen-bond acceptors (Lipinski definition) is 4. The van der Waals surface area contributed by atoms with E-state index in [4.69, 9.17) is 4.74 Å². The summed E-state index contributed by atoms with van der Waals surface area (Å²) in [4.78, 5) is 25.6. The largest absolute Gasteiger partial charge is 0.484 e. The van der Waals surface area contributed by atoms with Crippen LogP contribution in [0.5, 0.6) is 5.75 Å². The average Bonchev–Trinajstić information content (AvgIpc) is 3.21. The van der Waals surface area contributed by atoms with Gasteiger partial charge in [0.25, 0.3) is 5.91 Å². The highest BCUT2D eigenvalue weighted by molar-refractivity contribution is 5.95. The van der Waals surface area contributed by atoms with Gasteiger partial charge in [-0.05, 0) is 36.4 Å². The lowest BCUT2D eigenvalue weighted by atomic mass is 10.1. The van der Waals surface area contributed by atoms with Gasteiger partial charge in [0.15, 0.2) is 12.4 Å². The number of benzene rings is 2. The van der Waals surface area contributed by atoms with Gasteiger partial charge in [0.05, 0.1) is 11.9 Å². The van der Waals surface area contributed by atoms with Crippen LogP contribution < -0.4 is 4.74 Å². The highest BCUT2D eigenvalue weighted by Gasteiger charge is 2.12. The number of Topliss-reactive ketones (excluding diaryl/α,β-unsaturated/α-hetero) is 1. The number of likely N-dealkylation sites (N-methyl/N-ethyl adjacent to an activating group) is 1. The van der Waals surface area contributed by atoms with Crippen LogP contribution in [0.3, 0.4) is 0 Å². The van der Waals surface area contributed by atoms with Crippen LogP contribution >= 0.6 is 0 Å². The van der Waals surface area contributed by atoms with E-state index in [9.17, 15) is 9.59 Å². The van der Waals surface area contributed by atoms with E-state index in [0.717, 1.165) is 11.3 Å². The molecule has 1 amide bonds. The molecule has 0 unspecified atom stereocenters. The third-order valence-corrected chi connectivity index (χ3v) is 4.36. The average molecular weight is 377 g/mol. The van der Waals surface area contributed by atoms with Crippen molar-refractivity contribution in [3.8, 4) is 11.4 Å². The molecule has 0 saturated heterocycles. The molecule has 0 aliphatic rings. The van der Waals surface area contributed by atoms with Crippen LogP contribution in [0, 0.1) is 0 Å². The van der Waals surface area contributed by atoms with Crippen molar-refractivity contribution in [3.63, 3.8) is 0 Å². The van der Waals surface area contributed by atoms with Crippen LogP contribution in [-0.4, -0.2) is 40.0 Å². The monoisotopic (exact) mass is 377 g/mol. The Hall–Kier alpha value is -3.41. The lowest BCUT2D eigenvalue weighted by Gasteiger charge is -2.16. The van der Waals surface area contributed by atoms with Crippen molar-refractivity contribution in [3.05, 3.63) is 78.1 Å². The number of rotatable bonds is 8. The molecule has 0 radical (unpaired) electrons. The van der Waals surface area contributed by atoms with Crippen molar-refractivity contribution >= 4 is 11.7 Å². The molecule has 28 heavy (non-hydrogen) atoms.